The number of hydrogen-bond acceptors (Lipinski definition) is 4. The maximum atomic E-state index is 5.48. The first kappa shape index (κ1) is 7.88. The lowest BCUT2D eigenvalue weighted by Gasteiger charge is -1.97. The van der Waals surface area contributed by atoms with E-state index in [9.17, 15) is 0 Å². The minimum absolute atomic E-state index is 0.469. The van der Waals surface area contributed by atoms with Gasteiger partial charge in [0.25, 0.3) is 0 Å². The molecule has 0 bridgehead atoms. The second-order valence-corrected chi connectivity index (χ2v) is 2.62. The van der Waals surface area contributed by atoms with Crippen LogP contribution in [-0.2, 0) is 6.54 Å². The largest absolute Gasteiger partial charge is 0.326 e. The molecule has 2 heterocycles. The van der Waals surface area contributed by atoms with Crippen LogP contribution in [0.15, 0.2) is 24.5 Å². The van der Waals surface area contributed by atoms with Crippen molar-refractivity contribution in [1.82, 2.24) is 20.4 Å². The number of nitrogens with two attached hydrogens (primary N) is 1. The summed E-state index contributed by atoms with van der Waals surface area (Å²) in [5.74, 6) is 0. The van der Waals surface area contributed by atoms with Crippen LogP contribution in [0, 0.1) is 0 Å². The van der Waals surface area contributed by atoms with E-state index in [4.69, 9.17) is 5.73 Å². The molecule has 0 fully saturated rings. The molecule has 0 aliphatic rings. The Morgan fingerprint density at radius 2 is 2.38 bits per heavy atom. The number of hydrogen-bond donors (Lipinski definition) is 2. The molecule has 0 aliphatic carbocycles. The minimum atomic E-state index is 0.469. The van der Waals surface area contributed by atoms with Gasteiger partial charge in [-0.1, -0.05) is 0 Å². The van der Waals surface area contributed by atoms with E-state index in [0.717, 1.165) is 17.0 Å². The van der Waals surface area contributed by atoms with Crippen molar-refractivity contribution in [3.63, 3.8) is 0 Å². The molecule has 0 aliphatic heterocycles. The summed E-state index contributed by atoms with van der Waals surface area (Å²) < 4.78 is 0. The monoisotopic (exact) mass is 175 g/mol. The molecular weight excluding hydrogens is 166 g/mol. The number of H-pyrrole nitrogens is 1. The summed E-state index contributed by atoms with van der Waals surface area (Å²) >= 11 is 0. The van der Waals surface area contributed by atoms with Gasteiger partial charge in [0.05, 0.1) is 11.9 Å². The number of aromatic nitrogens is 4. The summed E-state index contributed by atoms with van der Waals surface area (Å²) in [7, 11) is 0. The molecule has 3 N–H and O–H groups in total. The number of rotatable bonds is 2. The molecule has 0 unspecified atom stereocenters. The highest BCUT2D eigenvalue weighted by Crippen LogP contribution is 2.12. The first-order valence-electron chi connectivity index (χ1n) is 3.91. The summed E-state index contributed by atoms with van der Waals surface area (Å²) in [4.78, 5) is 0. The van der Waals surface area contributed by atoms with Gasteiger partial charge in [0.2, 0.25) is 0 Å². The lowest BCUT2D eigenvalue weighted by atomic mass is 10.2. The van der Waals surface area contributed by atoms with Crippen LogP contribution in [0.4, 0.5) is 0 Å². The van der Waals surface area contributed by atoms with Gasteiger partial charge >= 0.3 is 0 Å². The smallest absolute Gasteiger partial charge is 0.111 e. The Kier molecular flexibility index (Phi) is 2.01. The fourth-order valence-corrected chi connectivity index (χ4v) is 1.05. The number of nitrogens with zero attached hydrogens (tertiary/aromatic N) is 3. The number of nitrogens with one attached hydrogen (secondary N) is 1. The first-order chi connectivity index (χ1) is 6.40. The van der Waals surface area contributed by atoms with E-state index in [1.54, 1.807) is 12.4 Å². The predicted octanol–water partition coefficient (Wildman–Crippen LogP) is 0.325. The average Bonchev–Trinajstić information content (AvgIpc) is 2.71. The van der Waals surface area contributed by atoms with Crippen LogP contribution in [0.1, 0.15) is 5.56 Å². The maximum absolute atomic E-state index is 5.48. The molecule has 2 aromatic heterocycles. The molecule has 5 nitrogen and oxygen atoms in total. The fourth-order valence-electron chi connectivity index (χ4n) is 1.05. The van der Waals surface area contributed by atoms with Gasteiger partial charge in [0, 0.05) is 12.7 Å². The van der Waals surface area contributed by atoms with Gasteiger partial charge in [-0.2, -0.15) is 10.2 Å². The third-order valence-electron chi connectivity index (χ3n) is 1.72. The van der Waals surface area contributed by atoms with E-state index in [1.165, 1.54) is 0 Å². The van der Waals surface area contributed by atoms with E-state index in [2.05, 4.69) is 20.4 Å². The Morgan fingerprint density at radius 1 is 1.46 bits per heavy atom. The highest BCUT2D eigenvalue weighted by Gasteiger charge is 2.01. The van der Waals surface area contributed by atoms with E-state index in [1.807, 2.05) is 12.1 Å². The van der Waals surface area contributed by atoms with Crippen molar-refractivity contribution < 1.29 is 0 Å². The van der Waals surface area contributed by atoms with E-state index < -0.39 is 0 Å². The Bertz CT molecular complexity index is 381. The van der Waals surface area contributed by atoms with Crippen LogP contribution >= 0.6 is 0 Å². The number of aromatic amines is 1. The zero-order valence-corrected chi connectivity index (χ0v) is 6.94. The fraction of sp³-hybridized carbons (Fsp3) is 0.125. The molecule has 2 rings (SSSR count). The molecule has 5 heteroatoms. The third kappa shape index (κ3) is 1.54. The summed E-state index contributed by atoms with van der Waals surface area (Å²) in [5.41, 5.74) is 8.05. The zero-order chi connectivity index (χ0) is 9.10. The zero-order valence-electron chi connectivity index (χ0n) is 6.94. The highest BCUT2D eigenvalue weighted by atomic mass is 15.1. The van der Waals surface area contributed by atoms with E-state index in [0.29, 0.717) is 6.54 Å². The van der Waals surface area contributed by atoms with Crippen molar-refractivity contribution >= 4 is 0 Å². The Morgan fingerprint density at radius 3 is 3.08 bits per heavy atom. The lowest BCUT2D eigenvalue weighted by Crippen LogP contribution is -1.99. The minimum Gasteiger partial charge on any atom is -0.326 e. The van der Waals surface area contributed by atoms with Gasteiger partial charge in [0.1, 0.15) is 5.69 Å². The van der Waals surface area contributed by atoms with E-state index >= 15 is 0 Å². The molecule has 0 spiro atoms. The van der Waals surface area contributed by atoms with Crippen molar-refractivity contribution in [2.24, 2.45) is 5.73 Å². The molecule has 0 amide bonds. The second kappa shape index (κ2) is 3.32. The summed E-state index contributed by atoms with van der Waals surface area (Å²) in [6.45, 7) is 0.469. The molecule has 13 heavy (non-hydrogen) atoms. The van der Waals surface area contributed by atoms with Crippen molar-refractivity contribution in [1.29, 1.82) is 0 Å². The standard InChI is InChI=1S/C8H9N5/c9-4-6-3-8(13-11-5-6)7-1-2-10-12-7/h1-3,5H,4,9H2,(H,10,12). The van der Waals surface area contributed by atoms with Crippen molar-refractivity contribution in [3.8, 4) is 11.4 Å². The summed E-state index contributed by atoms with van der Waals surface area (Å²) in [5, 5.41) is 14.4. The predicted molar refractivity (Wildman–Crippen MR) is 47.5 cm³/mol. The van der Waals surface area contributed by atoms with Gasteiger partial charge in [0.15, 0.2) is 0 Å². The topological polar surface area (TPSA) is 80.5 Å². The van der Waals surface area contributed by atoms with E-state index in [-0.39, 0.29) is 0 Å². The van der Waals surface area contributed by atoms with Crippen LogP contribution in [0.3, 0.4) is 0 Å². The molecule has 2 aromatic rings. The molecule has 0 saturated heterocycles. The van der Waals surface area contributed by atoms with Gasteiger partial charge in [-0.25, -0.2) is 0 Å². The van der Waals surface area contributed by atoms with Crippen LogP contribution in [0.5, 0.6) is 0 Å². The van der Waals surface area contributed by atoms with Gasteiger partial charge in [-0.15, -0.1) is 5.10 Å². The molecule has 66 valence electrons. The Balaban J connectivity index is 2.41. The third-order valence-corrected chi connectivity index (χ3v) is 1.72. The quantitative estimate of drug-likeness (QED) is 0.689. The van der Waals surface area contributed by atoms with Crippen molar-refractivity contribution in [2.45, 2.75) is 6.54 Å². The Hall–Kier alpha value is -1.75. The summed E-state index contributed by atoms with van der Waals surface area (Å²) in [6, 6.07) is 3.73. The van der Waals surface area contributed by atoms with Crippen LogP contribution in [0.2, 0.25) is 0 Å². The normalized spacial score (nSPS) is 10.2. The van der Waals surface area contributed by atoms with Gasteiger partial charge in [-0.05, 0) is 17.7 Å². The second-order valence-electron chi connectivity index (χ2n) is 2.62. The van der Waals surface area contributed by atoms with Gasteiger partial charge < -0.3 is 5.73 Å². The van der Waals surface area contributed by atoms with Gasteiger partial charge in [-0.3, -0.25) is 5.10 Å². The Labute approximate surface area is 75.0 Å². The SMILES string of the molecule is NCc1cnnc(-c2ccn[nH]2)c1. The molecule has 0 aromatic carbocycles. The average molecular weight is 175 g/mol. The molecule has 0 saturated carbocycles. The summed E-state index contributed by atoms with van der Waals surface area (Å²) in [6.07, 6.45) is 3.33. The molecule has 0 radical (unpaired) electrons. The van der Waals surface area contributed by atoms with Crippen LogP contribution in [-0.4, -0.2) is 20.4 Å². The molecule has 0 atom stereocenters. The van der Waals surface area contributed by atoms with Crippen molar-refractivity contribution in [2.75, 3.05) is 0 Å². The van der Waals surface area contributed by atoms with Crippen molar-refractivity contribution in [3.05, 3.63) is 30.1 Å². The first-order valence-corrected chi connectivity index (χ1v) is 3.91. The molecular formula is C8H9N5. The van der Waals surface area contributed by atoms with Crippen LogP contribution < -0.4 is 5.73 Å². The van der Waals surface area contributed by atoms with Crippen LogP contribution in [0.25, 0.3) is 11.4 Å². The lowest BCUT2D eigenvalue weighted by molar-refractivity contribution is 0.962. The maximum Gasteiger partial charge on any atom is 0.111 e. The highest BCUT2D eigenvalue weighted by molar-refractivity contribution is 5.52.